The lowest BCUT2D eigenvalue weighted by atomic mass is 10.0. The second-order valence-electron chi connectivity index (χ2n) is 8.06. The number of nitrogens with one attached hydrogen (secondary N) is 2. The van der Waals surface area contributed by atoms with Crippen LogP contribution in [0.1, 0.15) is 11.1 Å². The van der Waals surface area contributed by atoms with Crippen LogP contribution in [0.25, 0.3) is 22.0 Å². The number of ether oxygens (including phenoxy) is 1. The number of nitrogens with zero attached hydrogens (tertiary/aromatic N) is 1. The van der Waals surface area contributed by atoms with E-state index in [2.05, 4.69) is 15.2 Å². The minimum absolute atomic E-state index is 0.0944. The molecule has 2 aromatic carbocycles. The van der Waals surface area contributed by atoms with Gasteiger partial charge in [0.15, 0.2) is 9.84 Å². The standard InChI is InChI=1S/C23H25N3O4S/c27-23-20-4-2-1-3-19(20)21-14-16-13-17(5-6-18(16)22(21)25-23)31(28,29)15-24-7-8-26-9-11-30-12-10-26/h1-6,13,24H,7-12,14-15H2,(H,25,27). The number of aromatic amines is 1. The van der Waals surface area contributed by atoms with E-state index in [1.807, 2.05) is 30.3 Å². The molecule has 31 heavy (non-hydrogen) atoms. The highest BCUT2D eigenvalue weighted by atomic mass is 32.2. The van der Waals surface area contributed by atoms with Crippen LogP contribution >= 0.6 is 0 Å². The Morgan fingerprint density at radius 1 is 1.06 bits per heavy atom. The van der Waals surface area contributed by atoms with Crippen molar-refractivity contribution in [1.29, 1.82) is 0 Å². The molecule has 1 fully saturated rings. The van der Waals surface area contributed by atoms with Crippen LogP contribution in [0.4, 0.5) is 0 Å². The third kappa shape index (κ3) is 3.92. The Bertz CT molecular complexity index is 1290. The van der Waals surface area contributed by atoms with E-state index in [0.717, 1.165) is 60.6 Å². The maximum atomic E-state index is 12.9. The third-order valence-electron chi connectivity index (χ3n) is 6.11. The first-order valence-electron chi connectivity index (χ1n) is 10.5. The first-order chi connectivity index (χ1) is 15.0. The molecule has 8 heteroatoms. The zero-order valence-electron chi connectivity index (χ0n) is 17.2. The van der Waals surface area contributed by atoms with Crippen LogP contribution in [-0.4, -0.2) is 63.6 Å². The van der Waals surface area contributed by atoms with E-state index in [1.165, 1.54) is 0 Å². The van der Waals surface area contributed by atoms with Gasteiger partial charge in [-0.1, -0.05) is 24.3 Å². The van der Waals surface area contributed by atoms with Crippen molar-refractivity contribution in [2.45, 2.75) is 11.3 Å². The number of morpholine rings is 1. The molecule has 1 aliphatic heterocycles. The molecule has 2 N–H and O–H groups in total. The summed E-state index contributed by atoms with van der Waals surface area (Å²) >= 11 is 0. The smallest absolute Gasteiger partial charge is 0.256 e. The van der Waals surface area contributed by atoms with Crippen LogP contribution in [0.5, 0.6) is 0 Å². The van der Waals surface area contributed by atoms with E-state index in [0.29, 0.717) is 23.2 Å². The molecular weight excluding hydrogens is 414 g/mol. The second kappa shape index (κ2) is 8.20. The number of H-pyrrole nitrogens is 1. The van der Waals surface area contributed by atoms with E-state index in [1.54, 1.807) is 12.1 Å². The fourth-order valence-electron chi connectivity index (χ4n) is 4.44. The SMILES string of the molecule is O=c1[nH]c2c(c3ccccc13)Cc1cc(S(=O)(=O)CNCCN3CCOCC3)ccc1-2. The monoisotopic (exact) mass is 439 g/mol. The summed E-state index contributed by atoms with van der Waals surface area (Å²) in [6.07, 6.45) is 0.607. The van der Waals surface area contributed by atoms with Gasteiger partial charge in [-0.05, 0) is 34.7 Å². The topological polar surface area (TPSA) is 91.5 Å². The van der Waals surface area contributed by atoms with Crippen molar-refractivity contribution >= 4 is 20.6 Å². The maximum Gasteiger partial charge on any atom is 0.256 e. The molecule has 0 saturated carbocycles. The molecule has 0 radical (unpaired) electrons. The number of pyridine rings is 1. The van der Waals surface area contributed by atoms with Gasteiger partial charge in [0.2, 0.25) is 0 Å². The molecule has 1 saturated heterocycles. The maximum absolute atomic E-state index is 12.9. The lowest BCUT2D eigenvalue weighted by Crippen LogP contribution is -2.41. The Balaban J connectivity index is 1.33. The van der Waals surface area contributed by atoms with Crippen LogP contribution in [0.15, 0.2) is 52.2 Å². The highest BCUT2D eigenvalue weighted by Gasteiger charge is 2.25. The molecule has 3 aromatic rings. The third-order valence-corrected chi connectivity index (χ3v) is 7.67. The molecule has 2 aliphatic rings. The van der Waals surface area contributed by atoms with Gasteiger partial charge >= 0.3 is 0 Å². The molecule has 2 heterocycles. The highest BCUT2D eigenvalue weighted by Crippen LogP contribution is 2.38. The number of sulfone groups is 1. The molecule has 0 bridgehead atoms. The number of fused-ring (bicyclic) bond motifs is 5. The van der Waals surface area contributed by atoms with Gasteiger partial charge in [-0.25, -0.2) is 8.42 Å². The summed E-state index contributed by atoms with van der Waals surface area (Å²) in [7, 11) is -3.45. The number of hydrogen-bond acceptors (Lipinski definition) is 6. The summed E-state index contributed by atoms with van der Waals surface area (Å²) < 4.78 is 31.1. The number of benzene rings is 2. The van der Waals surface area contributed by atoms with Gasteiger partial charge in [0.05, 0.1) is 23.8 Å². The first-order valence-corrected chi connectivity index (χ1v) is 12.2. The van der Waals surface area contributed by atoms with Crippen molar-refractivity contribution in [1.82, 2.24) is 15.2 Å². The summed E-state index contributed by atoms with van der Waals surface area (Å²) in [6, 6.07) is 12.7. The predicted octanol–water partition coefficient (Wildman–Crippen LogP) is 1.75. The fourth-order valence-corrected chi connectivity index (χ4v) is 5.62. The molecule has 0 amide bonds. The minimum atomic E-state index is -3.45. The van der Waals surface area contributed by atoms with Crippen molar-refractivity contribution in [2.75, 3.05) is 45.3 Å². The van der Waals surface area contributed by atoms with E-state index >= 15 is 0 Å². The van der Waals surface area contributed by atoms with Crippen LogP contribution < -0.4 is 10.9 Å². The van der Waals surface area contributed by atoms with Crippen molar-refractivity contribution < 1.29 is 13.2 Å². The molecule has 1 aliphatic carbocycles. The summed E-state index contributed by atoms with van der Waals surface area (Å²) in [4.78, 5) is 18.0. The number of aromatic nitrogens is 1. The summed E-state index contributed by atoms with van der Waals surface area (Å²) in [5.41, 5.74) is 3.55. The molecule has 0 spiro atoms. The van der Waals surface area contributed by atoms with Gasteiger partial charge in [0, 0.05) is 43.5 Å². The summed E-state index contributed by atoms with van der Waals surface area (Å²) in [5.74, 6) is -0.0944. The zero-order chi connectivity index (χ0) is 21.4. The van der Waals surface area contributed by atoms with Crippen LogP contribution in [0, 0.1) is 0 Å². The van der Waals surface area contributed by atoms with Gasteiger partial charge in [0.25, 0.3) is 5.56 Å². The van der Waals surface area contributed by atoms with Gasteiger partial charge in [0.1, 0.15) is 5.88 Å². The first kappa shape index (κ1) is 20.4. The van der Waals surface area contributed by atoms with E-state index in [4.69, 9.17) is 4.74 Å². The predicted molar refractivity (Wildman–Crippen MR) is 120 cm³/mol. The summed E-state index contributed by atoms with van der Waals surface area (Å²) in [5, 5.41) is 4.65. The fraction of sp³-hybridized carbons (Fsp3) is 0.348. The highest BCUT2D eigenvalue weighted by molar-refractivity contribution is 7.91. The van der Waals surface area contributed by atoms with Crippen molar-refractivity contribution in [3.63, 3.8) is 0 Å². The molecule has 162 valence electrons. The van der Waals surface area contributed by atoms with Gasteiger partial charge in [-0.15, -0.1) is 0 Å². The Kier molecular flexibility index (Phi) is 5.39. The summed E-state index contributed by atoms with van der Waals surface area (Å²) in [6.45, 7) is 4.65. The van der Waals surface area contributed by atoms with Gasteiger partial charge in [-0.2, -0.15) is 0 Å². The van der Waals surface area contributed by atoms with E-state index in [-0.39, 0.29) is 11.4 Å². The van der Waals surface area contributed by atoms with Gasteiger partial charge < -0.3 is 15.0 Å². The Morgan fingerprint density at radius 2 is 1.84 bits per heavy atom. The molecular formula is C23H25N3O4S. The molecule has 7 nitrogen and oxygen atoms in total. The zero-order valence-corrected chi connectivity index (χ0v) is 18.0. The van der Waals surface area contributed by atoms with E-state index < -0.39 is 9.84 Å². The molecule has 5 rings (SSSR count). The molecule has 0 unspecified atom stereocenters. The average molecular weight is 440 g/mol. The largest absolute Gasteiger partial charge is 0.379 e. The average Bonchev–Trinajstić information content (AvgIpc) is 3.16. The normalized spacial score (nSPS) is 16.4. The Labute approximate surface area is 181 Å². The second-order valence-corrected chi connectivity index (χ2v) is 10.1. The molecule has 0 atom stereocenters. The lowest BCUT2D eigenvalue weighted by Gasteiger charge is -2.26. The number of hydrogen-bond donors (Lipinski definition) is 2. The minimum Gasteiger partial charge on any atom is -0.379 e. The Hall–Kier alpha value is -2.52. The van der Waals surface area contributed by atoms with Crippen molar-refractivity contribution in [3.05, 3.63) is 63.9 Å². The van der Waals surface area contributed by atoms with Gasteiger partial charge in [-0.3, -0.25) is 9.69 Å². The van der Waals surface area contributed by atoms with Crippen LogP contribution in [0.3, 0.4) is 0 Å². The molecule has 1 aromatic heterocycles. The quantitative estimate of drug-likeness (QED) is 0.445. The van der Waals surface area contributed by atoms with E-state index in [9.17, 15) is 13.2 Å². The number of rotatable bonds is 6. The van der Waals surface area contributed by atoms with Crippen LogP contribution in [-0.2, 0) is 21.0 Å². The van der Waals surface area contributed by atoms with Crippen molar-refractivity contribution in [3.8, 4) is 11.3 Å². The van der Waals surface area contributed by atoms with Crippen molar-refractivity contribution in [2.24, 2.45) is 0 Å². The Morgan fingerprint density at radius 3 is 2.65 bits per heavy atom. The van der Waals surface area contributed by atoms with Crippen LogP contribution in [0.2, 0.25) is 0 Å². The lowest BCUT2D eigenvalue weighted by molar-refractivity contribution is 0.0386.